The maximum atomic E-state index is 8.68. The smallest absolute Gasteiger partial charge is 0.0669 e. The summed E-state index contributed by atoms with van der Waals surface area (Å²) in [5.74, 6) is 0. The number of hydrogen-bond donors (Lipinski definition) is 1. The van der Waals surface area contributed by atoms with Crippen LogP contribution in [0.3, 0.4) is 0 Å². The van der Waals surface area contributed by atoms with Crippen molar-refractivity contribution >= 4 is 5.69 Å². The van der Waals surface area contributed by atoms with Crippen molar-refractivity contribution in [3.05, 3.63) is 65.2 Å². The minimum absolute atomic E-state index is 0.483. The topological polar surface area (TPSA) is 35.8 Å². The molecular weight excluding hydrogens is 244 g/mol. The second kappa shape index (κ2) is 5.79. The van der Waals surface area contributed by atoms with E-state index in [9.17, 15) is 0 Å². The molecule has 0 saturated carbocycles. The molecule has 3 rings (SSSR count). The minimum Gasteiger partial charge on any atom is -0.382 e. The summed E-state index contributed by atoms with van der Waals surface area (Å²) in [7, 11) is 0. The van der Waals surface area contributed by atoms with E-state index in [4.69, 9.17) is 5.26 Å². The van der Waals surface area contributed by atoms with Gasteiger partial charge >= 0.3 is 0 Å². The first-order valence-electron chi connectivity index (χ1n) is 7.14. The van der Waals surface area contributed by atoms with Crippen LogP contribution in [0, 0.1) is 11.3 Å². The van der Waals surface area contributed by atoms with E-state index >= 15 is 0 Å². The molecule has 0 fully saturated rings. The number of benzene rings is 2. The number of hydrogen-bond acceptors (Lipinski definition) is 2. The van der Waals surface area contributed by atoms with Crippen LogP contribution < -0.4 is 5.32 Å². The molecule has 1 aliphatic carbocycles. The van der Waals surface area contributed by atoms with E-state index < -0.39 is 0 Å². The Kier molecular flexibility index (Phi) is 3.69. The van der Waals surface area contributed by atoms with Gasteiger partial charge in [0.25, 0.3) is 0 Å². The maximum Gasteiger partial charge on any atom is 0.0669 e. The van der Waals surface area contributed by atoms with Gasteiger partial charge in [-0.1, -0.05) is 36.4 Å². The van der Waals surface area contributed by atoms with E-state index in [0.717, 1.165) is 24.1 Å². The van der Waals surface area contributed by atoms with E-state index in [1.165, 1.54) is 17.5 Å². The van der Waals surface area contributed by atoms with Crippen molar-refractivity contribution < 1.29 is 0 Å². The van der Waals surface area contributed by atoms with Gasteiger partial charge in [0.05, 0.1) is 12.5 Å². The van der Waals surface area contributed by atoms with Gasteiger partial charge in [0.15, 0.2) is 0 Å². The molecule has 0 aromatic heterocycles. The molecule has 0 spiro atoms. The third-order valence-electron chi connectivity index (χ3n) is 3.95. The van der Waals surface area contributed by atoms with Crippen LogP contribution in [-0.4, -0.2) is 6.04 Å². The van der Waals surface area contributed by atoms with Crippen LogP contribution in [-0.2, 0) is 19.3 Å². The lowest BCUT2D eigenvalue weighted by Gasteiger charge is -2.26. The molecule has 1 N–H and O–H groups in total. The predicted molar refractivity (Wildman–Crippen MR) is 81.6 cm³/mol. The first-order valence-corrected chi connectivity index (χ1v) is 7.14. The molecule has 0 aliphatic heterocycles. The van der Waals surface area contributed by atoms with E-state index in [2.05, 4.69) is 47.8 Å². The number of nitrogens with zero attached hydrogens (tertiary/aromatic N) is 1. The van der Waals surface area contributed by atoms with Crippen molar-refractivity contribution in [3.63, 3.8) is 0 Å². The molecule has 0 bridgehead atoms. The molecule has 0 heterocycles. The Labute approximate surface area is 120 Å². The molecule has 0 saturated heterocycles. The van der Waals surface area contributed by atoms with E-state index in [1.54, 1.807) is 0 Å². The fourth-order valence-electron chi connectivity index (χ4n) is 2.87. The minimum atomic E-state index is 0.483. The number of nitriles is 1. The summed E-state index contributed by atoms with van der Waals surface area (Å²) in [4.78, 5) is 0. The Morgan fingerprint density at radius 1 is 1.05 bits per heavy atom. The molecule has 100 valence electrons. The molecule has 1 atom stereocenters. The first-order chi connectivity index (χ1) is 9.85. The lowest BCUT2D eigenvalue weighted by molar-refractivity contribution is 0.611. The van der Waals surface area contributed by atoms with Gasteiger partial charge in [-0.25, -0.2) is 0 Å². The SMILES string of the molecule is N#CCc1ccc(NC2CCc3ccccc3C2)cc1. The van der Waals surface area contributed by atoms with Gasteiger partial charge in [-0.2, -0.15) is 5.26 Å². The Bertz CT molecular complexity index is 623. The van der Waals surface area contributed by atoms with Gasteiger partial charge in [-0.05, 0) is 48.1 Å². The zero-order valence-corrected chi connectivity index (χ0v) is 11.5. The van der Waals surface area contributed by atoms with Gasteiger partial charge in [0.1, 0.15) is 0 Å². The van der Waals surface area contributed by atoms with Crippen LogP contribution in [0.25, 0.3) is 0 Å². The molecule has 0 amide bonds. The van der Waals surface area contributed by atoms with Gasteiger partial charge in [-0.3, -0.25) is 0 Å². The Morgan fingerprint density at radius 2 is 1.80 bits per heavy atom. The lowest BCUT2D eigenvalue weighted by Crippen LogP contribution is -2.27. The molecule has 2 nitrogen and oxygen atoms in total. The average molecular weight is 262 g/mol. The Morgan fingerprint density at radius 3 is 2.55 bits per heavy atom. The summed E-state index contributed by atoms with van der Waals surface area (Å²) in [5, 5.41) is 12.3. The van der Waals surface area contributed by atoms with Crippen LogP contribution in [0.1, 0.15) is 23.1 Å². The molecule has 1 unspecified atom stereocenters. The largest absolute Gasteiger partial charge is 0.382 e. The van der Waals surface area contributed by atoms with E-state index in [0.29, 0.717) is 12.5 Å². The number of nitrogens with one attached hydrogen (secondary N) is 1. The molecular formula is C18H18N2. The Hall–Kier alpha value is -2.27. The van der Waals surface area contributed by atoms with Crippen LogP contribution in [0.5, 0.6) is 0 Å². The van der Waals surface area contributed by atoms with Crippen LogP contribution in [0.4, 0.5) is 5.69 Å². The van der Waals surface area contributed by atoms with Gasteiger partial charge in [0.2, 0.25) is 0 Å². The lowest BCUT2D eigenvalue weighted by atomic mass is 9.88. The normalized spacial score (nSPS) is 17.1. The van der Waals surface area contributed by atoms with Crippen molar-refractivity contribution in [1.29, 1.82) is 5.26 Å². The number of rotatable bonds is 3. The quantitative estimate of drug-likeness (QED) is 0.915. The van der Waals surface area contributed by atoms with Crippen molar-refractivity contribution in [3.8, 4) is 6.07 Å². The highest BCUT2D eigenvalue weighted by molar-refractivity contribution is 5.47. The van der Waals surface area contributed by atoms with Crippen molar-refractivity contribution in [1.82, 2.24) is 0 Å². The average Bonchev–Trinajstić information content (AvgIpc) is 2.49. The fraction of sp³-hybridized carbons (Fsp3) is 0.278. The molecule has 2 aromatic rings. The molecule has 2 heteroatoms. The van der Waals surface area contributed by atoms with Crippen LogP contribution in [0.15, 0.2) is 48.5 Å². The summed E-state index contributed by atoms with van der Waals surface area (Å²) in [6, 6.07) is 19.6. The summed E-state index contributed by atoms with van der Waals surface area (Å²) in [6.07, 6.45) is 3.91. The van der Waals surface area contributed by atoms with E-state index in [-0.39, 0.29) is 0 Å². The highest BCUT2D eigenvalue weighted by atomic mass is 14.9. The number of anilines is 1. The standard InChI is InChI=1S/C18H18N2/c19-12-11-14-5-8-17(9-6-14)20-18-10-7-15-3-1-2-4-16(15)13-18/h1-6,8-9,18,20H,7,10-11,13H2. The molecule has 0 radical (unpaired) electrons. The highest BCUT2D eigenvalue weighted by Gasteiger charge is 2.17. The van der Waals surface area contributed by atoms with E-state index in [1.807, 2.05) is 12.1 Å². The summed E-state index contributed by atoms with van der Waals surface area (Å²) < 4.78 is 0. The fourth-order valence-corrected chi connectivity index (χ4v) is 2.87. The summed E-state index contributed by atoms with van der Waals surface area (Å²) in [6.45, 7) is 0. The van der Waals surface area contributed by atoms with Crippen LogP contribution in [0.2, 0.25) is 0 Å². The zero-order valence-electron chi connectivity index (χ0n) is 11.5. The number of fused-ring (bicyclic) bond motifs is 1. The zero-order chi connectivity index (χ0) is 13.8. The van der Waals surface area contributed by atoms with Gasteiger partial charge < -0.3 is 5.32 Å². The summed E-state index contributed by atoms with van der Waals surface area (Å²) in [5.41, 5.74) is 5.19. The number of aryl methyl sites for hydroxylation is 1. The monoisotopic (exact) mass is 262 g/mol. The molecule has 1 aliphatic rings. The van der Waals surface area contributed by atoms with Gasteiger partial charge in [0, 0.05) is 11.7 Å². The second-order valence-electron chi connectivity index (χ2n) is 5.38. The summed E-state index contributed by atoms with van der Waals surface area (Å²) >= 11 is 0. The van der Waals surface area contributed by atoms with Crippen molar-refractivity contribution in [2.45, 2.75) is 31.7 Å². The maximum absolute atomic E-state index is 8.68. The third kappa shape index (κ3) is 2.83. The molecule has 2 aromatic carbocycles. The molecule has 20 heavy (non-hydrogen) atoms. The van der Waals surface area contributed by atoms with Gasteiger partial charge in [-0.15, -0.1) is 0 Å². The Balaban J connectivity index is 1.66. The van der Waals surface area contributed by atoms with Crippen molar-refractivity contribution in [2.75, 3.05) is 5.32 Å². The van der Waals surface area contributed by atoms with Crippen molar-refractivity contribution in [2.24, 2.45) is 0 Å². The third-order valence-corrected chi connectivity index (χ3v) is 3.95. The first kappa shape index (κ1) is 12.7. The highest BCUT2D eigenvalue weighted by Crippen LogP contribution is 2.23. The van der Waals surface area contributed by atoms with Crippen LogP contribution >= 0.6 is 0 Å². The predicted octanol–water partition coefficient (Wildman–Crippen LogP) is 3.72. The second-order valence-corrected chi connectivity index (χ2v) is 5.38.